The molecule has 3 aromatic heterocycles. The van der Waals surface area contributed by atoms with E-state index >= 15 is 0 Å². The number of carbonyl (C=O) groups excluding carboxylic acids is 1. The number of aromatic amines is 1. The number of amides is 1. The van der Waals surface area contributed by atoms with E-state index in [2.05, 4.69) is 20.1 Å². The Bertz CT molecular complexity index is 999. The lowest BCUT2D eigenvalue weighted by atomic mass is 9.90. The first-order chi connectivity index (χ1) is 12.1. The predicted molar refractivity (Wildman–Crippen MR) is 86.8 cm³/mol. The fourth-order valence-electron chi connectivity index (χ4n) is 3.04. The average molecular weight is 342 g/mol. The molecule has 4 heterocycles. The van der Waals surface area contributed by atoms with E-state index in [0.717, 1.165) is 0 Å². The summed E-state index contributed by atoms with van der Waals surface area (Å²) in [5, 5.41) is 2.87. The molecular weight excluding hydrogens is 327 g/mol. The zero-order valence-corrected chi connectivity index (χ0v) is 13.4. The van der Waals surface area contributed by atoms with Crippen molar-refractivity contribution in [1.82, 2.24) is 29.5 Å². The minimum atomic E-state index is -0.467. The van der Waals surface area contributed by atoms with E-state index < -0.39 is 6.67 Å². The van der Waals surface area contributed by atoms with Crippen molar-refractivity contribution in [2.24, 2.45) is 5.92 Å². The van der Waals surface area contributed by atoms with Crippen LogP contribution in [0.4, 0.5) is 4.39 Å². The third-order valence-corrected chi connectivity index (χ3v) is 4.61. The number of fused-ring (bicyclic) bond motifs is 1. The number of rotatable bonds is 3. The normalized spacial score (nSPS) is 19.8. The van der Waals surface area contributed by atoms with Crippen molar-refractivity contribution in [3.05, 3.63) is 46.6 Å². The Balaban J connectivity index is 1.88. The van der Waals surface area contributed by atoms with Crippen LogP contribution in [-0.2, 0) is 0 Å². The van der Waals surface area contributed by atoms with Crippen molar-refractivity contribution in [3.8, 4) is 11.5 Å². The summed E-state index contributed by atoms with van der Waals surface area (Å²) in [5.41, 5.74) is 0.390. The number of nitrogens with zero attached hydrogens (tertiary/aromatic N) is 5. The van der Waals surface area contributed by atoms with Gasteiger partial charge in [-0.2, -0.15) is 0 Å². The van der Waals surface area contributed by atoms with Crippen LogP contribution in [-0.4, -0.2) is 54.6 Å². The molecule has 1 saturated heterocycles. The summed E-state index contributed by atoms with van der Waals surface area (Å²) in [6.45, 7) is 1.67. The van der Waals surface area contributed by atoms with Gasteiger partial charge < -0.3 is 4.90 Å². The Morgan fingerprint density at radius 3 is 2.76 bits per heavy atom. The molecule has 25 heavy (non-hydrogen) atoms. The van der Waals surface area contributed by atoms with E-state index in [1.807, 2.05) is 0 Å². The van der Waals surface area contributed by atoms with Crippen molar-refractivity contribution in [2.75, 3.05) is 13.2 Å². The van der Waals surface area contributed by atoms with Gasteiger partial charge in [-0.3, -0.25) is 19.1 Å². The smallest absolute Gasteiger partial charge is 0.272 e. The van der Waals surface area contributed by atoms with Gasteiger partial charge in [0.25, 0.3) is 11.5 Å². The fraction of sp³-hybridized carbons (Fsp3) is 0.312. The van der Waals surface area contributed by atoms with E-state index in [4.69, 9.17) is 0 Å². The van der Waals surface area contributed by atoms with Crippen molar-refractivity contribution in [3.63, 3.8) is 0 Å². The lowest BCUT2D eigenvalue weighted by molar-refractivity contribution is 0.0142. The predicted octanol–water partition coefficient (Wildman–Crippen LogP) is 0.910. The Morgan fingerprint density at radius 2 is 2.08 bits per heavy atom. The number of nitrogens with one attached hydrogen (secondary N) is 1. The van der Waals surface area contributed by atoms with Gasteiger partial charge in [-0.25, -0.2) is 19.5 Å². The summed E-state index contributed by atoms with van der Waals surface area (Å²) < 4.78 is 14.1. The molecule has 1 aliphatic heterocycles. The zero-order chi connectivity index (χ0) is 17.6. The summed E-state index contributed by atoms with van der Waals surface area (Å²) >= 11 is 0. The largest absolute Gasteiger partial charge is 0.335 e. The Kier molecular flexibility index (Phi) is 3.56. The van der Waals surface area contributed by atoms with Crippen molar-refractivity contribution < 1.29 is 9.18 Å². The molecule has 3 aromatic rings. The summed E-state index contributed by atoms with van der Waals surface area (Å²) in [6, 6.07) is 2.73. The quantitative estimate of drug-likeness (QED) is 0.763. The van der Waals surface area contributed by atoms with E-state index in [9.17, 15) is 14.0 Å². The van der Waals surface area contributed by atoms with Crippen molar-refractivity contribution in [1.29, 1.82) is 0 Å². The van der Waals surface area contributed by atoms with E-state index in [1.54, 1.807) is 30.3 Å². The molecule has 1 N–H and O–H groups in total. The first kappa shape index (κ1) is 15.4. The van der Waals surface area contributed by atoms with Crippen LogP contribution in [0.25, 0.3) is 17.2 Å². The highest BCUT2D eigenvalue weighted by Gasteiger charge is 2.41. The first-order valence-electron chi connectivity index (χ1n) is 7.86. The van der Waals surface area contributed by atoms with Gasteiger partial charge in [0.05, 0.1) is 6.67 Å². The lowest BCUT2D eigenvalue weighted by Gasteiger charge is -2.45. The van der Waals surface area contributed by atoms with Gasteiger partial charge in [-0.05, 0) is 13.0 Å². The van der Waals surface area contributed by atoms with Crippen LogP contribution in [0, 0.1) is 5.92 Å². The molecule has 0 saturated carbocycles. The fourth-order valence-corrected chi connectivity index (χ4v) is 3.04. The number of carbonyl (C=O) groups is 1. The summed E-state index contributed by atoms with van der Waals surface area (Å²) in [6.07, 6.45) is 4.44. The molecule has 0 bridgehead atoms. The second kappa shape index (κ2) is 5.76. The maximum atomic E-state index is 13.1. The molecule has 1 aliphatic rings. The van der Waals surface area contributed by atoms with Crippen LogP contribution in [0.1, 0.15) is 17.3 Å². The number of alkyl halides is 1. The topological polar surface area (TPSA) is 96.3 Å². The number of H-pyrrole nitrogens is 1. The van der Waals surface area contributed by atoms with Gasteiger partial charge in [0, 0.05) is 43.2 Å². The first-order valence-corrected chi connectivity index (χ1v) is 7.86. The van der Waals surface area contributed by atoms with E-state index in [0.29, 0.717) is 12.2 Å². The molecule has 8 nitrogen and oxygen atoms in total. The van der Waals surface area contributed by atoms with Crippen molar-refractivity contribution in [2.45, 2.75) is 13.0 Å². The standard InChI is InChI=1S/C16H15FN6O2/c1-9-10(7-17)8-22(9)16(25)12-13(14-18-4-2-5-19-14)21-23-11(24)3-6-20-15(12)23/h2-6,9-10,21H,7-8H2,1H3. The maximum Gasteiger partial charge on any atom is 0.272 e. The SMILES string of the molecule is CC1C(CF)CN1C(=O)c1c(-c2ncccn2)[nH]n2c(=O)ccnc12. The Morgan fingerprint density at radius 1 is 1.32 bits per heavy atom. The number of likely N-dealkylation sites (tertiary alicyclic amines) is 1. The van der Waals surface area contributed by atoms with Crippen LogP contribution in [0.15, 0.2) is 35.5 Å². The number of halogens is 1. The highest BCUT2D eigenvalue weighted by Crippen LogP contribution is 2.30. The second-order valence-electron chi connectivity index (χ2n) is 5.99. The zero-order valence-electron chi connectivity index (χ0n) is 13.4. The van der Waals surface area contributed by atoms with Crippen LogP contribution in [0.3, 0.4) is 0 Å². The van der Waals surface area contributed by atoms with Crippen molar-refractivity contribution >= 4 is 11.6 Å². The van der Waals surface area contributed by atoms with Gasteiger partial charge in [-0.15, -0.1) is 0 Å². The molecule has 1 fully saturated rings. The Hall–Kier alpha value is -3.10. The third kappa shape index (κ3) is 2.31. The van der Waals surface area contributed by atoms with Crippen LogP contribution in [0.5, 0.6) is 0 Å². The molecule has 0 radical (unpaired) electrons. The van der Waals surface area contributed by atoms with Gasteiger partial charge in [0.2, 0.25) is 0 Å². The van der Waals surface area contributed by atoms with Crippen LogP contribution in [0.2, 0.25) is 0 Å². The molecule has 2 atom stereocenters. The molecule has 128 valence electrons. The number of aromatic nitrogens is 5. The molecule has 1 amide bonds. The molecule has 4 rings (SSSR count). The molecule has 0 spiro atoms. The third-order valence-electron chi connectivity index (χ3n) is 4.61. The monoisotopic (exact) mass is 342 g/mol. The molecule has 0 aromatic carbocycles. The molecule has 9 heteroatoms. The van der Waals surface area contributed by atoms with E-state index in [-0.39, 0.29) is 40.5 Å². The number of hydrogen-bond acceptors (Lipinski definition) is 5. The number of hydrogen-bond donors (Lipinski definition) is 1. The Labute approximate surface area is 141 Å². The van der Waals surface area contributed by atoms with Crippen LogP contribution >= 0.6 is 0 Å². The molecular formula is C16H15FN6O2. The highest BCUT2D eigenvalue weighted by molar-refractivity contribution is 6.05. The minimum Gasteiger partial charge on any atom is -0.335 e. The molecule has 0 aliphatic carbocycles. The van der Waals surface area contributed by atoms with Gasteiger partial charge in [-0.1, -0.05) is 0 Å². The van der Waals surface area contributed by atoms with Gasteiger partial charge in [0.15, 0.2) is 11.5 Å². The summed E-state index contributed by atoms with van der Waals surface area (Å²) in [7, 11) is 0. The molecule has 2 unspecified atom stereocenters. The average Bonchev–Trinajstić information content (AvgIpc) is 3.02. The maximum absolute atomic E-state index is 13.1. The second-order valence-corrected chi connectivity index (χ2v) is 5.99. The lowest BCUT2D eigenvalue weighted by Crippen LogP contribution is -2.58. The van der Waals surface area contributed by atoms with Gasteiger partial charge in [0.1, 0.15) is 11.3 Å². The van der Waals surface area contributed by atoms with Gasteiger partial charge >= 0.3 is 0 Å². The summed E-state index contributed by atoms with van der Waals surface area (Å²) in [4.78, 5) is 39.2. The van der Waals surface area contributed by atoms with E-state index in [1.165, 1.54) is 16.8 Å². The van der Waals surface area contributed by atoms with Crippen LogP contribution < -0.4 is 5.56 Å². The minimum absolute atomic E-state index is 0.165. The highest BCUT2D eigenvalue weighted by atomic mass is 19.1. The summed E-state index contributed by atoms with van der Waals surface area (Å²) in [5.74, 6) is -0.205.